The van der Waals surface area contributed by atoms with Gasteiger partial charge in [0.05, 0.1) is 10.0 Å². The van der Waals surface area contributed by atoms with Crippen molar-refractivity contribution in [3.63, 3.8) is 0 Å². The molecule has 0 fully saturated rings. The third-order valence-electron chi connectivity index (χ3n) is 2.56. The fraction of sp³-hybridized carbons (Fsp3) is 0.0667. The standard InChI is InChI=1S/C15H12Cl2/c1-2-4-11-5-3-6-12(9-11)13-7-8-14(16)15(17)10-13/h2-3,5-10H,1,4H2. The predicted molar refractivity (Wildman–Crippen MR) is 75.8 cm³/mol. The van der Waals surface area contributed by atoms with Crippen LogP contribution in [0.2, 0.25) is 10.0 Å². The van der Waals surface area contributed by atoms with Crippen LogP contribution in [0.15, 0.2) is 55.1 Å². The maximum atomic E-state index is 6.02. The Labute approximate surface area is 112 Å². The molecule has 17 heavy (non-hydrogen) atoms. The lowest BCUT2D eigenvalue weighted by atomic mass is 10.0. The first-order valence-corrected chi connectivity index (χ1v) is 6.11. The van der Waals surface area contributed by atoms with Crippen LogP contribution < -0.4 is 0 Å². The zero-order valence-electron chi connectivity index (χ0n) is 9.29. The van der Waals surface area contributed by atoms with E-state index in [1.165, 1.54) is 5.56 Å². The summed E-state index contributed by atoms with van der Waals surface area (Å²) in [7, 11) is 0. The molecule has 0 unspecified atom stereocenters. The summed E-state index contributed by atoms with van der Waals surface area (Å²) in [6, 6.07) is 14.0. The molecule has 0 nitrogen and oxygen atoms in total. The highest BCUT2D eigenvalue weighted by atomic mass is 35.5. The van der Waals surface area contributed by atoms with Gasteiger partial charge in [0.25, 0.3) is 0 Å². The highest BCUT2D eigenvalue weighted by molar-refractivity contribution is 6.42. The zero-order chi connectivity index (χ0) is 12.3. The Morgan fingerprint density at radius 1 is 0.941 bits per heavy atom. The number of rotatable bonds is 3. The molecule has 0 aliphatic carbocycles. The van der Waals surface area contributed by atoms with Gasteiger partial charge in [-0.3, -0.25) is 0 Å². The Morgan fingerprint density at radius 2 is 1.71 bits per heavy atom. The topological polar surface area (TPSA) is 0 Å². The van der Waals surface area contributed by atoms with E-state index in [1.54, 1.807) is 0 Å². The number of hydrogen-bond donors (Lipinski definition) is 0. The van der Waals surface area contributed by atoms with E-state index in [9.17, 15) is 0 Å². The second-order valence-electron chi connectivity index (χ2n) is 3.82. The third-order valence-corrected chi connectivity index (χ3v) is 3.30. The molecule has 2 aromatic rings. The average Bonchev–Trinajstić information content (AvgIpc) is 2.33. The molecule has 0 aliphatic rings. The normalized spacial score (nSPS) is 10.2. The van der Waals surface area contributed by atoms with Crippen molar-refractivity contribution in [1.29, 1.82) is 0 Å². The lowest BCUT2D eigenvalue weighted by Crippen LogP contribution is -1.83. The fourth-order valence-corrected chi connectivity index (χ4v) is 2.02. The van der Waals surface area contributed by atoms with Gasteiger partial charge >= 0.3 is 0 Å². The average molecular weight is 263 g/mol. The van der Waals surface area contributed by atoms with Crippen molar-refractivity contribution >= 4 is 23.2 Å². The quantitative estimate of drug-likeness (QED) is 0.651. The van der Waals surface area contributed by atoms with Crippen LogP contribution in [0.25, 0.3) is 11.1 Å². The Morgan fingerprint density at radius 3 is 2.41 bits per heavy atom. The Hall–Kier alpha value is -1.24. The molecule has 0 N–H and O–H groups in total. The second-order valence-corrected chi connectivity index (χ2v) is 4.64. The predicted octanol–water partition coefficient (Wildman–Crippen LogP) is 5.39. The van der Waals surface area contributed by atoms with Gasteiger partial charge in [-0.1, -0.05) is 59.6 Å². The molecule has 0 amide bonds. The molecule has 2 heteroatoms. The van der Waals surface area contributed by atoms with Crippen molar-refractivity contribution in [2.45, 2.75) is 6.42 Å². The Bertz CT molecular complexity index is 544. The van der Waals surface area contributed by atoms with Crippen molar-refractivity contribution < 1.29 is 0 Å². The van der Waals surface area contributed by atoms with Gasteiger partial charge in [-0.15, -0.1) is 6.58 Å². The second kappa shape index (κ2) is 5.39. The van der Waals surface area contributed by atoms with Gasteiger partial charge in [0.2, 0.25) is 0 Å². The summed E-state index contributed by atoms with van der Waals surface area (Å²) < 4.78 is 0. The summed E-state index contributed by atoms with van der Waals surface area (Å²) >= 11 is 11.9. The number of halogens is 2. The van der Waals surface area contributed by atoms with E-state index in [1.807, 2.05) is 30.3 Å². The van der Waals surface area contributed by atoms with Gasteiger partial charge in [-0.2, -0.15) is 0 Å². The smallest absolute Gasteiger partial charge is 0.0598 e. The van der Waals surface area contributed by atoms with Crippen LogP contribution in [0, 0.1) is 0 Å². The maximum Gasteiger partial charge on any atom is 0.0598 e. The number of benzene rings is 2. The van der Waals surface area contributed by atoms with Crippen LogP contribution in [-0.4, -0.2) is 0 Å². The van der Waals surface area contributed by atoms with Gasteiger partial charge in [-0.05, 0) is 35.2 Å². The van der Waals surface area contributed by atoms with E-state index in [0.717, 1.165) is 17.5 Å². The largest absolute Gasteiger partial charge is 0.103 e. The van der Waals surface area contributed by atoms with Crippen LogP contribution in [0.1, 0.15) is 5.56 Å². The van der Waals surface area contributed by atoms with Crippen LogP contribution in [0.4, 0.5) is 0 Å². The summed E-state index contributed by atoms with van der Waals surface area (Å²) in [4.78, 5) is 0. The first kappa shape index (κ1) is 12.2. The van der Waals surface area contributed by atoms with Crippen molar-refractivity contribution in [2.75, 3.05) is 0 Å². The number of hydrogen-bond acceptors (Lipinski definition) is 0. The fourth-order valence-electron chi connectivity index (χ4n) is 1.72. The van der Waals surface area contributed by atoms with E-state index in [4.69, 9.17) is 23.2 Å². The SMILES string of the molecule is C=CCc1cccc(-c2ccc(Cl)c(Cl)c2)c1. The first-order chi connectivity index (χ1) is 8.20. The minimum Gasteiger partial charge on any atom is -0.103 e. The van der Waals surface area contributed by atoms with E-state index in [-0.39, 0.29) is 0 Å². The molecule has 0 heterocycles. The van der Waals surface area contributed by atoms with E-state index in [2.05, 4.69) is 24.8 Å². The highest BCUT2D eigenvalue weighted by Crippen LogP contribution is 2.28. The minimum absolute atomic E-state index is 0.581. The molecule has 0 radical (unpaired) electrons. The molecule has 0 bridgehead atoms. The van der Waals surface area contributed by atoms with Crippen molar-refractivity contribution in [1.82, 2.24) is 0 Å². The summed E-state index contributed by atoms with van der Waals surface area (Å²) in [5.74, 6) is 0. The van der Waals surface area contributed by atoms with Crippen LogP contribution in [0.3, 0.4) is 0 Å². The van der Waals surface area contributed by atoms with Gasteiger partial charge in [0.15, 0.2) is 0 Å². The van der Waals surface area contributed by atoms with E-state index < -0.39 is 0 Å². The lowest BCUT2D eigenvalue weighted by Gasteiger charge is -2.05. The number of allylic oxidation sites excluding steroid dienone is 1. The van der Waals surface area contributed by atoms with Crippen molar-refractivity contribution in [3.8, 4) is 11.1 Å². The minimum atomic E-state index is 0.581. The van der Waals surface area contributed by atoms with Crippen LogP contribution in [-0.2, 0) is 6.42 Å². The van der Waals surface area contributed by atoms with Crippen molar-refractivity contribution in [2.24, 2.45) is 0 Å². The molecule has 0 aromatic heterocycles. The third kappa shape index (κ3) is 2.91. The molecule has 86 valence electrons. The Kier molecular flexibility index (Phi) is 3.88. The van der Waals surface area contributed by atoms with E-state index in [0.29, 0.717) is 10.0 Å². The van der Waals surface area contributed by atoms with Gasteiger partial charge in [-0.25, -0.2) is 0 Å². The molecule has 0 saturated heterocycles. The zero-order valence-corrected chi connectivity index (χ0v) is 10.8. The molecule has 2 rings (SSSR count). The summed E-state index contributed by atoms with van der Waals surface area (Å²) in [5, 5.41) is 1.16. The molecular weight excluding hydrogens is 251 g/mol. The van der Waals surface area contributed by atoms with E-state index >= 15 is 0 Å². The maximum absolute atomic E-state index is 6.02. The van der Waals surface area contributed by atoms with Gasteiger partial charge < -0.3 is 0 Å². The molecule has 0 saturated carbocycles. The molecule has 0 atom stereocenters. The van der Waals surface area contributed by atoms with Gasteiger partial charge in [0.1, 0.15) is 0 Å². The first-order valence-electron chi connectivity index (χ1n) is 5.36. The monoisotopic (exact) mass is 262 g/mol. The summed E-state index contributed by atoms with van der Waals surface area (Å²) in [6.07, 6.45) is 2.77. The Balaban J connectivity index is 2.41. The van der Waals surface area contributed by atoms with Crippen LogP contribution >= 0.6 is 23.2 Å². The molecule has 2 aromatic carbocycles. The van der Waals surface area contributed by atoms with Crippen LogP contribution in [0.5, 0.6) is 0 Å². The summed E-state index contributed by atoms with van der Waals surface area (Å²) in [6.45, 7) is 3.75. The lowest BCUT2D eigenvalue weighted by molar-refractivity contribution is 1.28. The molecular formula is C15H12Cl2. The molecule has 0 spiro atoms. The van der Waals surface area contributed by atoms with Crippen molar-refractivity contribution in [3.05, 3.63) is 70.7 Å². The van der Waals surface area contributed by atoms with Gasteiger partial charge in [0, 0.05) is 0 Å². The summed E-state index contributed by atoms with van der Waals surface area (Å²) in [5.41, 5.74) is 3.46. The highest BCUT2D eigenvalue weighted by Gasteiger charge is 2.02. The molecule has 0 aliphatic heterocycles.